The number of fused-ring (bicyclic) bond motifs is 1. The van der Waals surface area contributed by atoms with E-state index >= 15 is 0 Å². The average Bonchev–Trinajstić information content (AvgIpc) is 3.49. The number of hydrogen-bond acceptors (Lipinski definition) is 7. The number of ether oxygens (including phenoxy) is 3. The zero-order valence-electron chi connectivity index (χ0n) is 20.4. The zero-order chi connectivity index (χ0) is 25.8. The van der Waals surface area contributed by atoms with Crippen LogP contribution < -0.4 is 24.8 Å². The molecule has 1 aromatic heterocycles. The molecule has 2 amide bonds. The topological polar surface area (TPSA) is 112 Å². The van der Waals surface area contributed by atoms with Gasteiger partial charge in [0.05, 0.1) is 28.9 Å². The van der Waals surface area contributed by atoms with Gasteiger partial charge >= 0.3 is 0 Å². The second-order valence-electron chi connectivity index (χ2n) is 8.53. The van der Waals surface area contributed by atoms with Crippen LogP contribution in [0.4, 0.5) is 11.4 Å². The van der Waals surface area contributed by atoms with Crippen molar-refractivity contribution < 1.29 is 28.3 Å². The van der Waals surface area contributed by atoms with E-state index in [-0.39, 0.29) is 25.0 Å². The van der Waals surface area contributed by atoms with Crippen LogP contribution in [0.3, 0.4) is 0 Å². The predicted molar refractivity (Wildman–Crippen MR) is 136 cm³/mol. The van der Waals surface area contributed by atoms with Gasteiger partial charge in [-0.2, -0.15) is 0 Å². The normalized spacial score (nSPS) is 11.7. The average molecular weight is 500 g/mol. The van der Waals surface area contributed by atoms with Crippen LogP contribution in [0.25, 0.3) is 0 Å². The van der Waals surface area contributed by atoms with Crippen LogP contribution in [0.2, 0.25) is 0 Å². The van der Waals surface area contributed by atoms with E-state index in [1.165, 1.54) is 0 Å². The van der Waals surface area contributed by atoms with Crippen LogP contribution in [0, 0.1) is 13.8 Å². The Balaban J connectivity index is 1.19. The molecule has 0 unspecified atom stereocenters. The first-order valence-corrected chi connectivity index (χ1v) is 11.7. The molecule has 0 saturated carbocycles. The Morgan fingerprint density at radius 2 is 1.73 bits per heavy atom. The Hall–Kier alpha value is -4.79. The molecule has 0 radical (unpaired) electrons. The fourth-order valence-electron chi connectivity index (χ4n) is 3.91. The highest BCUT2D eigenvalue weighted by Gasteiger charge is 2.17. The van der Waals surface area contributed by atoms with Gasteiger partial charge in [0.25, 0.3) is 5.91 Å². The second kappa shape index (κ2) is 10.4. The summed E-state index contributed by atoms with van der Waals surface area (Å²) in [6.07, 6.45) is 0.141. The molecule has 4 aromatic rings. The van der Waals surface area contributed by atoms with Crippen molar-refractivity contribution in [2.75, 3.05) is 17.4 Å². The lowest BCUT2D eigenvalue weighted by Gasteiger charge is -2.12. The molecule has 188 valence electrons. The molecule has 1 aliphatic heterocycles. The summed E-state index contributed by atoms with van der Waals surface area (Å²) in [4.78, 5) is 25.7. The molecule has 0 aliphatic carbocycles. The molecule has 0 saturated heterocycles. The summed E-state index contributed by atoms with van der Waals surface area (Å²) >= 11 is 0. The summed E-state index contributed by atoms with van der Waals surface area (Å²) in [5.74, 6) is 2.01. The molecule has 3 aromatic carbocycles. The molecule has 0 bridgehead atoms. The Bertz CT molecular complexity index is 1430. The highest BCUT2D eigenvalue weighted by molar-refractivity contribution is 6.10. The van der Waals surface area contributed by atoms with E-state index in [9.17, 15) is 9.59 Å². The lowest BCUT2D eigenvalue weighted by Crippen LogP contribution is -2.19. The zero-order valence-corrected chi connectivity index (χ0v) is 20.4. The summed E-state index contributed by atoms with van der Waals surface area (Å²) in [5, 5.41) is 9.61. The van der Waals surface area contributed by atoms with Gasteiger partial charge in [-0.25, -0.2) is 0 Å². The minimum Gasteiger partial charge on any atom is -0.489 e. The molecule has 37 heavy (non-hydrogen) atoms. The predicted octanol–water partition coefficient (Wildman–Crippen LogP) is 5.03. The molecule has 2 N–H and O–H groups in total. The van der Waals surface area contributed by atoms with Crippen LogP contribution in [0.1, 0.15) is 32.9 Å². The molecule has 5 rings (SSSR count). The van der Waals surface area contributed by atoms with E-state index in [2.05, 4.69) is 15.8 Å². The number of para-hydroxylation sites is 1. The molecule has 9 nitrogen and oxygen atoms in total. The van der Waals surface area contributed by atoms with E-state index in [1.807, 2.05) is 38.1 Å². The highest BCUT2D eigenvalue weighted by Crippen LogP contribution is 2.34. The Kier molecular flexibility index (Phi) is 6.76. The van der Waals surface area contributed by atoms with Crippen molar-refractivity contribution in [3.05, 3.63) is 94.9 Å². The maximum absolute atomic E-state index is 12.9. The van der Waals surface area contributed by atoms with Crippen LogP contribution in [-0.2, 0) is 17.8 Å². The number of benzene rings is 3. The third-order valence-electron chi connectivity index (χ3n) is 5.93. The third-order valence-corrected chi connectivity index (χ3v) is 5.93. The van der Waals surface area contributed by atoms with Crippen LogP contribution in [-0.4, -0.2) is 23.8 Å². The van der Waals surface area contributed by atoms with E-state index < -0.39 is 0 Å². The highest BCUT2D eigenvalue weighted by atomic mass is 16.7. The van der Waals surface area contributed by atoms with E-state index in [4.69, 9.17) is 18.7 Å². The standard InChI is InChI=1S/C28H25N3O6/c1-17-23(18(2)37-31-17)15-34-21-10-7-19(8-11-21)13-27(32)30-24-6-4-3-5-22(24)28(33)29-20-9-12-25-26(14-20)36-16-35-25/h3-12,14H,13,15-16H2,1-2H3,(H,29,33)(H,30,32). The van der Waals surface area contributed by atoms with Crippen LogP contribution in [0.5, 0.6) is 17.2 Å². The SMILES string of the molecule is Cc1noc(C)c1COc1ccc(CC(=O)Nc2ccccc2C(=O)Nc2ccc3c(c2)OCO3)cc1. The first-order valence-electron chi connectivity index (χ1n) is 11.7. The molecule has 0 spiro atoms. The Labute approximate surface area is 213 Å². The van der Waals surface area contributed by atoms with Crippen molar-refractivity contribution in [3.63, 3.8) is 0 Å². The third kappa shape index (κ3) is 5.56. The lowest BCUT2D eigenvalue weighted by atomic mass is 10.1. The molecule has 0 fully saturated rings. The van der Waals surface area contributed by atoms with Gasteiger partial charge in [-0.05, 0) is 55.8 Å². The number of nitrogens with one attached hydrogen (secondary N) is 2. The fraction of sp³-hybridized carbons (Fsp3) is 0.179. The number of anilines is 2. The molecule has 0 atom stereocenters. The van der Waals surface area contributed by atoms with E-state index in [0.717, 1.165) is 22.6 Å². The lowest BCUT2D eigenvalue weighted by molar-refractivity contribution is -0.115. The summed E-state index contributed by atoms with van der Waals surface area (Å²) in [6, 6.07) is 19.3. The number of carbonyl (C=O) groups excluding carboxylic acids is 2. The largest absolute Gasteiger partial charge is 0.489 e. The van der Waals surface area contributed by atoms with Crippen molar-refractivity contribution in [1.29, 1.82) is 0 Å². The van der Waals surface area contributed by atoms with Crippen molar-refractivity contribution in [2.24, 2.45) is 0 Å². The van der Waals surface area contributed by atoms with Crippen LogP contribution in [0.15, 0.2) is 71.3 Å². The van der Waals surface area contributed by atoms with Gasteiger partial charge in [-0.3, -0.25) is 9.59 Å². The fourth-order valence-corrected chi connectivity index (χ4v) is 3.91. The van der Waals surface area contributed by atoms with Crippen molar-refractivity contribution in [3.8, 4) is 17.2 Å². The molecule has 9 heteroatoms. The quantitative estimate of drug-likeness (QED) is 0.350. The number of carbonyl (C=O) groups is 2. The summed E-state index contributed by atoms with van der Waals surface area (Å²) < 4.78 is 21.6. The summed E-state index contributed by atoms with van der Waals surface area (Å²) in [7, 11) is 0. The number of rotatable bonds is 8. The van der Waals surface area contributed by atoms with Gasteiger partial charge in [-0.1, -0.05) is 29.4 Å². The molecular formula is C28H25N3O6. The Morgan fingerprint density at radius 1 is 0.946 bits per heavy atom. The van der Waals surface area contributed by atoms with Gasteiger partial charge in [0, 0.05) is 11.8 Å². The molecule has 1 aliphatic rings. The number of aromatic nitrogens is 1. The van der Waals surface area contributed by atoms with Gasteiger partial charge in [0.2, 0.25) is 12.7 Å². The van der Waals surface area contributed by atoms with Crippen molar-refractivity contribution in [1.82, 2.24) is 5.16 Å². The minimum absolute atomic E-state index is 0.141. The molecule has 2 heterocycles. The number of nitrogens with zero attached hydrogens (tertiary/aromatic N) is 1. The van der Waals surface area contributed by atoms with Crippen LogP contribution >= 0.6 is 0 Å². The monoisotopic (exact) mass is 499 g/mol. The van der Waals surface area contributed by atoms with E-state index in [1.54, 1.807) is 42.5 Å². The number of hydrogen-bond donors (Lipinski definition) is 2. The van der Waals surface area contributed by atoms with Gasteiger partial charge in [0.1, 0.15) is 18.1 Å². The van der Waals surface area contributed by atoms with E-state index in [0.29, 0.717) is 40.8 Å². The second-order valence-corrected chi connectivity index (χ2v) is 8.53. The maximum Gasteiger partial charge on any atom is 0.257 e. The smallest absolute Gasteiger partial charge is 0.257 e. The summed E-state index contributed by atoms with van der Waals surface area (Å²) in [5.41, 5.74) is 3.86. The summed E-state index contributed by atoms with van der Waals surface area (Å²) in [6.45, 7) is 4.22. The van der Waals surface area contributed by atoms with Crippen molar-refractivity contribution >= 4 is 23.2 Å². The minimum atomic E-state index is -0.352. The Morgan fingerprint density at radius 3 is 2.51 bits per heavy atom. The van der Waals surface area contributed by atoms with Gasteiger partial charge in [0.15, 0.2) is 11.5 Å². The number of amides is 2. The first-order chi connectivity index (χ1) is 18.0. The van der Waals surface area contributed by atoms with Crippen molar-refractivity contribution in [2.45, 2.75) is 26.9 Å². The number of aryl methyl sites for hydroxylation is 2. The van der Waals surface area contributed by atoms with Gasteiger partial charge in [-0.15, -0.1) is 0 Å². The molecular weight excluding hydrogens is 474 g/mol. The maximum atomic E-state index is 12.9. The first kappa shape index (κ1) is 23.9. The van der Waals surface area contributed by atoms with Gasteiger partial charge < -0.3 is 29.4 Å².